The van der Waals surface area contributed by atoms with Crippen LogP contribution in [-0.4, -0.2) is 18.3 Å². The van der Waals surface area contributed by atoms with Crippen molar-refractivity contribution in [1.82, 2.24) is 0 Å². The fraction of sp³-hybridized carbons (Fsp3) is 0.111. The maximum absolute atomic E-state index is 10.3. The van der Waals surface area contributed by atoms with Gasteiger partial charge in [-0.05, 0) is 18.2 Å². The van der Waals surface area contributed by atoms with Crippen molar-refractivity contribution in [2.75, 3.05) is 12.4 Å². The maximum atomic E-state index is 10.3. The summed E-state index contributed by atoms with van der Waals surface area (Å²) in [6.07, 6.45) is -1.20. The zero-order valence-corrected chi connectivity index (χ0v) is 7.44. The average molecular weight is 192 g/mol. The van der Waals surface area contributed by atoms with Gasteiger partial charge in [0, 0.05) is 0 Å². The monoisotopic (exact) mass is 192 g/mol. The Balaban J connectivity index is 3.07. The molecule has 0 saturated heterocycles. The zero-order chi connectivity index (χ0) is 10.6. The van der Waals surface area contributed by atoms with Gasteiger partial charge >= 0.3 is 6.09 Å². The number of nitriles is 1. The standard InChI is InChI=1S/C9H8N2O3/c1-14-7-2-3-8(11-9(12)13)6(4-7)5-10/h2-4,11H,1H3,(H,12,13). The summed E-state index contributed by atoms with van der Waals surface area (Å²) >= 11 is 0. The predicted octanol–water partition coefficient (Wildman–Crippen LogP) is 1.66. The lowest BCUT2D eigenvalue weighted by molar-refractivity contribution is 0.209. The van der Waals surface area contributed by atoms with Gasteiger partial charge < -0.3 is 9.84 Å². The first kappa shape index (κ1) is 9.86. The highest BCUT2D eigenvalue weighted by molar-refractivity contribution is 5.85. The summed E-state index contributed by atoms with van der Waals surface area (Å²) in [5, 5.41) is 19.3. The first-order chi connectivity index (χ1) is 6.67. The third-order valence-electron chi connectivity index (χ3n) is 1.59. The van der Waals surface area contributed by atoms with Gasteiger partial charge in [-0.15, -0.1) is 0 Å². The number of hydrogen-bond donors (Lipinski definition) is 2. The molecule has 0 heterocycles. The Morgan fingerprint density at radius 3 is 2.86 bits per heavy atom. The number of nitrogens with one attached hydrogen (secondary N) is 1. The van der Waals surface area contributed by atoms with E-state index in [0.29, 0.717) is 5.75 Å². The van der Waals surface area contributed by atoms with Crippen molar-refractivity contribution in [1.29, 1.82) is 5.26 Å². The summed E-state index contributed by atoms with van der Waals surface area (Å²) in [6, 6.07) is 6.39. The lowest BCUT2D eigenvalue weighted by Gasteiger charge is -2.05. The van der Waals surface area contributed by atoms with E-state index in [1.165, 1.54) is 19.2 Å². The van der Waals surface area contributed by atoms with Crippen LogP contribution < -0.4 is 10.1 Å². The molecule has 0 aliphatic carbocycles. The molecule has 0 saturated carbocycles. The number of benzene rings is 1. The Hall–Kier alpha value is -2.22. The molecule has 0 unspecified atom stereocenters. The number of rotatable bonds is 2. The van der Waals surface area contributed by atoms with Crippen molar-refractivity contribution in [2.45, 2.75) is 0 Å². The molecule has 5 nitrogen and oxygen atoms in total. The first-order valence-electron chi connectivity index (χ1n) is 3.75. The van der Waals surface area contributed by atoms with Gasteiger partial charge in [0.1, 0.15) is 11.8 Å². The number of methoxy groups -OCH3 is 1. The van der Waals surface area contributed by atoms with E-state index in [9.17, 15) is 4.79 Å². The van der Waals surface area contributed by atoms with E-state index in [-0.39, 0.29) is 11.3 Å². The number of nitrogens with zero attached hydrogens (tertiary/aromatic N) is 1. The highest BCUT2D eigenvalue weighted by atomic mass is 16.5. The zero-order valence-electron chi connectivity index (χ0n) is 7.44. The van der Waals surface area contributed by atoms with Crippen LogP contribution in [0.2, 0.25) is 0 Å². The molecular formula is C9H8N2O3. The molecule has 1 aromatic carbocycles. The minimum absolute atomic E-state index is 0.228. The van der Waals surface area contributed by atoms with Crippen molar-refractivity contribution in [3.63, 3.8) is 0 Å². The molecule has 1 aromatic rings. The number of anilines is 1. The van der Waals surface area contributed by atoms with Crippen LogP contribution in [0.3, 0.4) is 0 Å². The Labute approximate surface area is 80.5 Å². The molecule has 0 radical (unpaired) electrons. The van der Waals surface area contributed by atoms with E-state index >= 15 is 0 Å². The van der Waals surface area contributed by atoms with Crippen LogP contribution in [0.25, 0.3) is 0 Å². The molecule has 0 atom stereocenters. The number of carboxylic acid groups (broad SMARTS) is 1. The molecule has 0 bridgehead atoms. The molecule has 72 valence electrons. The van der Waals surface area contributed by atoms with Gasteiger partial charge in [0.15, 0.2) is 0 Å². The minimum Gasteiger partial charge on any atom is -0.497 e. The Morgan fingerprint density at radius 1 is 1.64 bits per heavy atom. The normalized spacial score (nSPS) is 8.86. The van der Waals surface area contributed by atoms with E-state index < -0.39 is 6.09 Å². The number of carbonyl (C=O) groups is 1. The number of amides is 1. The smallest absolute Gasteiger partial charge is 0.409 e. The Bertz CT molecular complexity index is 396. The summed E-state index contributed by atoms with van der Waals surface area (Å²) in [5.41, 5.74) is 0.479. The summed E-state index contributed by atoms with van der Waals surface area (Å²) < 4.78 is 4.89. The number of ether oxygens (including phenoxy) is 1. The molecule has 0 aliphatic rings. The second kappa shape index (κ2) is 4.14. The topological polar surface area (TPSA) is 82.3 Å². The third kappa shape index (κ3) is 2.14. The minimum atomic E-state index is -1.20. The predicted molar refractivity (Wildman–Crippen MR) is 49.4 cm³/mol. The molecule has 14 heavy (non-hydrogen) atoms. The van der Waals surface area contributed by atoms with E-state index in [1.54, 1.807) is 6.07 Å². The van der Waals surface area contributed by atoms with Crippen LogP contribution in [0.15, 0.2) is 18.2 Å². The molecule has 0 fully saturated rings. The summed E-state index contributed by atoms with van der Waals surface area (Å²) in [5.74, 6) is 0.512. The fourth-order valence-electron chi connectivity index (χ4n) is 0.967. The van der Waals surface area contributed by atoms with Crippen LogP contribution in [0.5, 0.6) is 5.75 Å². The van der Waals surface area contributed by atoms with Crippen molar-refractivity contribution < 1.29 is 14.6 Å². The van der Waals surface area contributed by atoms with Crippen LogP contribution in [-0.2, 0) is 0 Å². The molecule has 0 aromatic heterocycles. The Morgan fingerprint density at radius 2 is 2.36 bits per heavy atom. The molecule has 0 aliphatic heterocycles. The van der Waals surface area contributed by atoms with Gasteiger partial charge in [0.2, 0.25) is 0 Å². The van der Waals surface area contributed by atoms with Crippen molar-refractivity contribution >= 4 is 11.8 Å². The first-order valence-corrected chi connectivity index (χ1v) is 3.75. The van der Waals surface area contributed by atoms with Gasteiger partial charge in [-0.1, -0.05) is 0 Å². The van der Waals surface area contributed by atoms with Gasteiger partial charge in [-0.3, -0.25) is 5.32 Å². The average Bonchev–Trinajstić information content (AvgIpc) is 2.17. The van der Waals surface area contributed by atoms with Gasteiger partial charge in [0.25, 0.3) is 0 Å². The van der Waals surface area contributed by atoms with Crippen molar-refractivity contribution in [2.24, 2.45) is 0 Å². The van der Waals surface area contributed by atoms with E-state index in [0.717, 1.165) is 0 Å². The second-order valence-electron chi connectivity index (χ2n) is 2.45. The van der Waals surface area contributed by atoms with Crippen LogP contribution in [0, 0.1) is 11.3 Å². The molecule has 0 spiro atoms. The lowest BCUT2D eigenvalue weighted by atomic mass is 10.2. The van der Waals surface area contributed by atoms with Crippen LogP contribution >= 0.6 is 0 Å². The van der Waals surface area contributed by atoms with E-state index in [4.69, 9.17) is 15.1 Å². The van der Waals surface area contributed by atoms with E-state index in [1.807, 2.05) is 6.07 Å². The Kier molecular flexibility index (Phi) is 2.92. The molecular weight excluding hydrogens is 184 g/mol. The second-order valence-corrected chi connectivity index (χ2v) is 2.45. The molecule has 1 amide bonds. The van der Waals surface area contributed by atoms with E-state index in [2.05, 4.69) is 5.32 Å². The van der Waals surface area contributed by atoms with Crippen LogP contribution in [0.4, 0.5) is 10.5 Å². The molecule has 5 heteroatoms. The third-order valence-corrected chi connectivity index (χ3v) is 1.59. The summed E-state index contributed by atoms with van der Waals surface area (Å²) in [4.78, 5) is 10.3. The van der Waals surface area contributed by atoms with Crippen molar-refractivity contribution in [3.05, 3.63) is 23.8 Å². The van der Waals surface area contributed by atoms with Crippen molar-refractivity contribution in [3.8, 4) is 11.8 Å². The highest BCUT2D eigenvalue weighted by Crippen LogP contribution is 2.20. The largest absolute Gasteiger partial charge is 0.497 e. The molecule has 1 rings (SSSR count). The summed E-state index contributed by atoms with van der Waals surface area (Å²) in [7, 11) is 1.47. The maximum Gasteiger partial charge on any atom is 0.409 e. The van der Waals surface area contributed by atoms with Crippen LogP contribution in [0.1, 0.15) is 5.56 Å². The SMILES string of the molecule is COc1ccc(NC(=O)O)c(C#N)c1. The lowest BCUT2D eigenvalue weighted by Crippen LogP contribution is -2.08. The fourth-order valence-corrected chi connectivity index (χ4v) is 0.967. The van der Waals surface area contributed by atoms with Gasteiger partial charge in [0.05, 0.1) is 18.4 Å². The molecule has 2 N–H and O–H groups in total. The quantitative estimate of drug-likeness (QED) is 0.746. The number of hydrogen-bond acceptors (Lipinski definition) is 3. The van der Waals surface area contributed by atoms with Gasteiger partial charge in [-0.25, -0.2) is 4.79 Å². The summed E-state index contributed by atoms with van der Waals surface area (Å²) in [6.45, 7) is 0. The van der Waals surface area contributed by atoms with Gasteiger partial charge in [-0.2, -0.15) is 5.26 Å². The highest BCUT2D eigenvalue weighted by Gasteiger charge is 2.05.